The van der Waals surface area contributed by atoms with Crippen LogP contribution in [0.3, 0.4) is 0 Å². The molecule has 1 saturated heterocycles. The van der Waals surface area contributed by atoms with Crippen LogP contribution in [0.25, 0.3) is 12.2 Å². The molecule has 35 heavy (non-hydrogen) atoms. The van der Waals surface area contributed by atoms with Crippen molar-refractivity contribution in [1.29, 1.82) is 0 Å². The zero-order valence-corrected chi connectivity index (χ0v) is 24.1. The Morgan fingerprint density at radius 1 is 0.800 bits per heavy atom. The normalized spacial score (nSPS) is 16.5. The van der Waals surface area contributed by atoms with Gasteiger partial charge in [-0.1, -0.05) is 7.60 Å². The van der Waals surface area contributed by atoms with E-state index in [1.54, 1.807) is 17.1 Å². The van der Waals surface area contributed by atoms with Crippen LogP contribution in [0.2, 0.25) is 0 Å². The molecular weight excluding hydrogens is 499 g/mol. The van der Waals surface area contributed by atoms with Crippen LogP contribution < -0.4 is 68.9 Å². The Labute approximate surface area is 244 Å². The second kappa shape index (κ2) is 13.7. The van der Waals surface area contributed by atoms with Gasteiger partial charge in [-0.05, 0) is 53.7 Å². The predicted octanol–water partition coefficient (Wildman–Crippen LogP) is -4.22. The van der Waals surface area contributed by atoms with E-state index in [0.29, 0.717) is 22.3 Å². The Kier molecular flexibility index (Phi) is 12.4. The van der Waals surface area contributed by atoms with Crippen molar-refractivity contribution < 1.29 is 88.1 Å². The number of hydrogen-bond donors (Lipinski definition) is 0. The third-order valence-electron chi connectivity index (χ3n) is 4.95. The zero-order valence-electron chi connectivity index (χ0n) is 19.2. The van der Waals surface area contributed by atoms with Crippen LogP contribution in [0.4, 0.5) is 11.4 Å². The van der Waals surface area contributed by atoms with E-state index in [4.69, 9.17) is 0 Å². The summed E-state index contributed by atoms with van der Waals surface area (Å²) in [5, 5.41) is 21.7. The number of carbonyl (C=O) groups is 1. The van der Waals surface area contributed by atoms with Gasteiger partial charge < -0.3 is 14.4 Å². The molecule has 14 heteroatoms. The van der Waals surface area contributed by atoms with E-state index < -0.39 is 23.6 Å². The molecule has 0 saturated carbocycles. The molecule has 0 N–H and O–H groups in total. The van der Waals surface area contributed by atoms with Crippen LogP contribution in [0, 0.1) is 20.2 Å². The van der Waals surface area contributed by atoms with Crippen molar-refractivity contribution >= 4 is 36.9 Å². The Bertz CT molecular complexity index is 1110. The number of carbonyl (C=O) groups excluding carboxylic acids is 1. The van der Waals surface area contributed by atoms with Gasteiger partial charge in [-0.3, -0.25) is 29.9 Å². The van der Waals surface area contributed by atoms with Crippen molar-refractivity contribution in [2.45, 2.75) is 0 Å². The Morgan fingerprint density at radius 2 is 1.17 bits per heavy atom. The molecule has 3 rings (SSSR count). The van der Waals surface area contributed by atoms with E-state index in [-0.39, 0.29) is 95.9 Å². The van der Waals surface area contributed by atoms with Crippen LogP contribution in [0.1, 0.15) is 11.1 Å². The fourth-order valence-electron chi connectivity index (χ4n) is 3.32. The van der Waals surface area contributed by atoms with Gasteiger partial charge in [0, 0.05) is 55.0 Å². The monoisotopic (exact) mass is 517 g/mol. The summed E-state index contributed by atoms with van der Waals surface area (Å²) in [5.74, 6) is -0.310. The van der Waals surface area contributed by atoms with E-state index in [1.165, 1.54) is 48.5 Å². The number of benzene rings is 2. The maximum Gasteiger partial charge on any atom is 1.00 e. The van der Waals surface area contributed by atoms with Gasteiger partial charge in [0.2, 0.25) is 0 Å². The molecule has 0 atom stereocenters. The molecule has 172 valence electrons. The van der Waals surface area contributed by atoms with E-state index in [1.807, 2.05) is 0 Å². The Balaban J connectivity index is 0.00000306. The SMILES string of the molecule is O=C1/C(=C/c2ccc([N+](=O)[O-])cc2)CN(CCP(=O)([O-])[O-])C/C1=C\c1ccc([N+](=O)[O-])cc1.[Na+].[Na+]. The summed E-state index contributed by atoms with van der Waals surface area (Å²) < 4.78 is 11.1. The van der Waals surface area contributed by atoms with E-state index in [0.717, 1.165) is 0 Å². The summed E-state index contributed by atoms with van der Waals surface area (Å²) in [4.78, 5) is 57.5. The van der Waals surface area contributed by atoms with Crippen LogP contribution in [-0.2, 0) is 9.36 Å². The van der Waals surface area contributed by atoms with Crippen molar-refractivity contribution in [3.05, 3.63) is 91.0 Å². The minimum atomic E-state index is -4.74. The number of Topliss-reactive ketones (excluding diaryl/α,β-unsaturated/α-hetero) is 1. The van der Waals surface area contributed by atoms with Crippen LogP contribution in [0.5, 0.6) is 0 Å². The summed E-state index contributed by atoms with van der Waals surface area (Å²) in [5.41, 5.74) is 1.51. The molecule has 0 bridgehead atoms. The third kappa shape index (κ3) is 9.47. The maximum absolute atomic E-state index is 13.1. The molecule has 1 aliphatic heterocycles. The maximum atomic E-state index is 13.1. The number of nitro groups is 2. The minimum absolute atomic E-state index is 0. The summed E-state index contributed by atoms with van der Waals surface area (Å²) >= 11 is 0. The second-order valence-electron chi connectivity index (χ2n) is 7.41. The molecule has 0 radical (unpaired) electrons. The Hall–Kier alpha value is -1.50. The smallest absolute Gasteiger partial charge is 0.811 e. The molecule has 0 aliphatic carbocycles. The fraction of sp³-hybridized carbons (Fsp3) is 0.190. The molecule has 0 amide bonds. The molecule has 1 aliphatic rings. The first-order chi connectivity index (χ1) is 15.5. The van der Waals surface area contributed by atoms with Crippen molar-refractivity contribution in [2.75, 3.05) is 25.8 Å². The summed E-state index contributed by atoms with van der Waals surface area (Å²) in [6.07, 6.45) is 2.50. The fourth-order valence-corrected chi connectivity index (χ4v) is 3.85. The van der Waals surface area contributed by atoms with Crippen molar-refractivity contribution in [2.24, 2.45) is 0 Å². The molecule has 0 spiro atoms. The number of ketones is 1. The van der Waals surface area contributed by atoms with E-state index in [2.05, 4.69) is 0 Å². The number of nitro benzene ring substituents is 2. The van der Waals surface area contributed by atoms with Gasteiger partial charge in [-0.15, -0.1) is 0 Å². The summed E-state index contributed by atoms with van der Waals surface area (Å²) in [6.45, 7) is 0.105. The molecule has 0 unspecified atom stereocenters. The first kappa shape index (κ1) is 31.5. The second-order valence-corrected chi connectivity index (χ2v) is 9.08. The largest absolute Gasteiger partial charge is 1.00 e. The molecule has 2 aromatic rings. The van der Waals surface area contributed by atoms with Crippen LogP contribution >= 0.6 is 7.60 Å². The molecule has 0 aromatic heterocycles. The van der Waals surface area contributed by atoms with E-state index in [9.17, 15) is 39.4 Å². The van der Waals surface area contributed by atoms with Gasteiger partial charge in [0.1, 0.15) is 0 Å². The average Bonchev–Trinajstić information content (AvgIpc) is 2.75. The number of rotatable bonds is 7. The summed E-state index contributed by atoms with van der Waals surface area (Å²) in [7, 11) is -4.74. The van der Waals surface area contributed by atoms with Gasteiger partial charge >= 0.3 is 59.1 Å². The zero-order chi connectivity index (χ0) is 24.2. The molecule has 11 nitrogen and oxygen atoms in total. The quantitative estimate of drug-likeness (QED) is 0.116. The number of piperidine rings is 1. The number of nitrogens with zero attached hydrogens (tertiary/aromatic N) is 3. The predicted molar refractivity (Wildman–Crippen MR) is 116 cm³/mol. The van der Waals surface area contributed by atoms with E-state index >= 15 is 0 Å². The van der Waals surface area contributed by atoms with Gasteiger partial charge in [0.25, 0.3) is 11.4 Å². The third-order valence-corrected chi connectivity index (χ3v) is 5.70. The van der Waals surface area contributed by atoms with Crippen molar-refractivity contribution in [3.63, 3.8) is 0 Å². The molecular formula is C21H18N3Na2O8P. The van der Waals surface area contributed by atoms with Gasteiger partial charge in [-0.25, -0.2) is 0 Å². The van der Waals surface area contributed by atoms with Gasteiger partial charge in [0.15, 0.2) is 5.78 Å². The topological polar surface area (TPSA) is 170 Å². The van der Waals surface area contributed by atoms with Gasteiger partial charge in [0.05, 0.1) is 9.85 Å². The van der Waals surface area contributed by atoms with Crippen LogP contribution in [0.15, 0.2) is 59.7 Å². The first-order valence-corrected chi connectivity index (χ1v) is 11.4. The van der Waals surface area contributed by atoms with Crippen molar-refractivity contribution in [1.82, 2.24) is 4.90 Å². The minimum Gasteiger partial charge on any atom is -0.811 e. The number of likely N-dealkylation sites (tertiary alicyclic amines) is 1. The van der Waals surface area contributed by atoms with Crippen molar-refractivity contribution in [3.8, 4) is 0 Å². The van der Waals surface area contributed by atoms with Gasteiger partial charge in [-0.2, -0.15) is 0 Å². The van der Waals surface area contributed by atoms with Crippen LogP contribution in [-0.4, -0.2) is 46.3 Å². The Morgan fingerprint density at radius 3 is 1.49 bits per heavy atom. The molecule has 2 aromatic carbocycles. The molecule has 1 fully saturated rings. The average molecular weight is 517 g/mol. The number of non-ortho nitro benzene ring substituents is 2. The first-order valence-electron chi connectivity index (χ1n) is 9.70. The molecule has 1 heterocycles. The summed E-state index contributed by atoms with van der Waals surface area (Å²) in [6, 6.07) is 11.2. The standard InChI is InChI=1S/C21H20N3O8P.2Na/c25-21-17(11-15-1-5-19(6-2-15)23(26)27)13-22(9-10-33(30,31)32)14-18(21)12-16-3-7-20(8-4-16)24(28)29;;/h1-8,11-12H,9-10,13-14H2,(H2,30,31,32);;/q;2*+1/p-2/b17-11+,18-12+;;. The number of hydrogen-bond acceptors (Lipinski definition) is 9.